The number of carbonyl (C=O) groups excluding carboxylic acids is 2. The highest BCUT2D eigenvalue weighted by atomic mass is 35.5. The van der Waals surface area contributed by atoms with Crippen LogP contribution in [-0.2, 0) is 11.3 Å². The first-order chi connectivity index (χ1) is 17.6. The quantitative estimate of drug-likeness (QED) is 0.442. The third kappa shape index (κ3) is 4.16. The van der Waals surface area contributed by atoms with Gasteiger partial charge in [0, 0.05) is 47.5 Å². The molecule has 2 aliphatic heterocycles. The number of urea groups is 1. The predicted molar refractivity (Wildman–Crippen MR) is 140 cm³/mol. The fourth-order valence-corrected chi connectivity index (χ4v) is 6.69. The lowest BCUT2D eigenvalue weighted by Crippen LogP contribution is -2.53. The largest absolute Gasteiger partial charge is 0.478 e. The Bertz CT molecular complexity index is 1450. The van der Waals surface area contributed by atoms with Crippen molar-refractivity contribution in [2.75, 3.05) is 25.0 Å². The lowest BCUT2D eigenvalue weighted by molar-refractivity contribution is -0.124. The summed E-state index contributed by atoms with van der Waals surface area (Å²) in [5.41, 5.74) is 0.512. The van der Waals surface area contributed by atoms with Crippen molar-refractivity contribution >= 4 is 58.1 Å². The van der Waals surface area contributed by atoms with Crippen molar-refractivity contribution in [3.05, 3.63) is 85.5 Å². The van der Waals surface area contributed by atoms with Gasteiger partial charge in [-0.2, -0.15) is 5.26 Å². The van der Waals surface area contributed by atoms with E-state index in [2.05, 4.69) is 6.07 Å². The molecule has 37 heavy (non-hydrogen) atoms. The van der Waals surface area contributed by atoms with Gasteiger partial charge in [-0.1, -0.05) is 35.3 Å². The monoisotopic (exact) mass is 554 g/mol. The molecule has 3 amide bonds. The van der Waals surface area contributed by atoms with Crippen LogP contribution < -0.4 is 4.90 Å². The van der Waals surface area contributed by atoms with Gasteiger partial charge in [0.15, 0.2) is 0 Å². The van der Waals surface area contributed by atoms with Gasteiger partial charge in [-0.15, -0.1) is 11.3 Å². The Morgan fingerprint density at radius 2 is 1.84 bits per heavy atom. The number of nitrogens with zero attached hydrogens (tertiary/aromatic N) is 4. The molecule has 5 rings (SSSR count). The number of imide groups is 1. The Morgan fingerprint density at radius 1 is 1.16 bits per heavy atom. The van der Waals surface area contributed by atoms with Crippen molar-refractivity contribution in [3.8, 4) is 6.07 Å². The molecule has 3 heterocycles. The smallest absolute Gasteiger partial charge is 0.336 e. The average molecular weight is 555 g/mol. The van der Waals surface area contributed by atoms with Crippen molar-refractivity contribution in [2.24, 2.45) is 0 Å². The van der Waals surface area contributed by atoms with Gasteiger partial charge in [0.05, 0.1) is 22.9 Å². The molecule has 1 N–H and O–H groups in total. The van der Waals surface area contributed by atoms with E-state index in [1.807, 2.05) is 4.90 Å². The highest BCUT2D eigenvalue weighted by Crippen LogP contribution is 2.47. The number of carboxylic acids is 1. The van der Waals surface area contributed by atoms with E-state index in [1.165, 1.54) is 34.4 Å². The molecular weight excluding hydrogens is 535 g/mol. The van der Waals surface area contributed by atoms with Gasteiger partial charge in [-0.25, -0.2) is 14.5 Å². The minimum atomic E-state index is -1.26. The third-order valence-electron chi connectivity index (χ3n) is 7.02. The van der Waals surface area contributed by atoms with Crippen molar-refractivity contribution in [3.63, 3.8) is 0 Å². The normalized spacial score (nSPS) is 21.7. The van der Waals surface area contributed by atoms with Crippen LogP contribution in [0, 0.1) is 11.3 Å². The lowest BCUT2D eigenvalue weighted by atomic mass is 9.80. The molecule has 1 aromatic heterocycles. The van der Waals surface area contributed by atoms with Gasteiger partial charge in [0.25, 0.3) is 5.91 Å². The van der Waals surface area contributed by atoms with Crippen LogP contribution in [0.4, 0.5) is 10.5 Å². The number of likely N-dealkylation sites (tertiary alicyclic amines) is 1. The highest BCUT2D eigenvalue weighted by Gasteiger charge is 2.64. The zero-order valence-electron chi connectivity index (χ0n) is 19.5. The van der Waals surface area contributed by atoms with Crippen molar-refractivity contribution < 1.29 is 19.5 Å². The van der Waals surface area contributed by atoms with Crippen molar-refractivity contribution in [2.45, 2.75) is 18.0 Å². The zero-order valence-corrected chi connectivity index (χ0v) is 21.8. The minimum Gasteiger partial charge on any atom is -0.478 e. The van der Waals surface area contributed by atoms with E-state index in [-0.39, 0.29) is 17.8 Å². The number of benzene rings is 2. The van der Waals surface area contributed by atoms with Gasteiger partial charge in [-0.05, 0) is 47.3 Å². The zero-order chi connectivity index (χ0) is 26.5. The van der Waals surface area contributed by atoms with Crippen LogP contribution in [0.1, 0.15) is 32.3 Å². The number of aromatic carboxylic acids is 1. The first kappa shape index (κ1) is 25.2. The molecule has 0 aliphatic carbocycles. The average Bonchev–Trinajstić information content (AvgIpc) is 3.52. The van der Waals surface area contributed by atoms with E-state index in [0.29, 0.717) is 33.6 Å². The molecule has 188 valence electrons. The summed E-state index contributed by atoms with van der Waals surface area (Å²) in [5.74, 6) is -1.86. The number of likely N-dealkylation sites (N-methyl/N-ethyl adjacent to an activating group) is 1. The number of halogens is 2. The standard InChI is InChI=1S/C26H20Cl2N4O4S/c1-30-25(36)32(19-9-17(27)8-18(28)10-19)24(35)26(30)14-31(13-22-20(23(33)34)6-7-37-22)12-21(26)16-4-2-15(11-29)3-5-16/h2-10,21H,12-14H2,1H3,(H,33,34). The number of thiophene rings is 1. The van der Waals surface area contributed by atoms with E-state index in [9.17, 15) is 24.8 Å². The molecule has 8 nitrogen and oxygen atoms in total. The van der Waals surface area contributed by atoms with Crippen LogP contribution in [0.5, 0.6) is 0 Å². The number of anilines is 1. The summed E-state index contributed by atoms with van der Waals surface area (Å²) in [5, 5.41) is 21.1. The van der Waals surface area contributed by atoms with Crippen molar-refractivity contribution in [1.29, 1.82) is 5.26 Å². The second-order valence-corrected chi connectivity index (χ2v) is 10.9. The van der Waals surface area contributed by atoms with E-state index in [1.54, 1.807) is 42.8 Å². The first-order valence-corrected chi connectivity index (χ1v) is 12.9. The van der Waals surface area contributed by atoms with Crippen LogP contribution in [0.25, 0.3) is 0 Å². The van der Waals surface area contributed by atoms with Crippen LogP contribution in [0.2, 0.25) is 10.0 Å². The second-order valence-electron chi connectivity index (χ2n) is 9.05. The van der Waals surface area contributed by atoms with Crippen LogP contribution in [0.15, 0.2) is 53.9 Å². The topological polar surface area (TPSA) is 105 Å². The summed E-state index contributed by atoms with van der Waals surface area (Å²) in [6.07, 6.45) is 0. The number of hydrogen-bond donors (Lipinski definition) is 1. The Balaban J connectivity index is 1.58. The van der Waals surface area contributed by atoms with Gasteiger partial charge < -0.3 is 10.0 Å². The number of rotatable bonds is 5. The van der Waals surface area contributed by atoms with Gasteiger partial charge >= 0.3 is 12.0 Å². The third-order valence-corrected chi connectivity index (χ3v) is 8.36. The van der Waals surface area contributed by atoms with Crippen LogP contribution >= 0.6 is 34.5 Å². The molecule has 0 radical (unpaired) electrons. The summed E-state index contributed by atoms with van der Waals surface area (Å²) in [4.78, 5) is 44.7. The number of nitriles is 1. The number of carbonyl (C=O) groups is 3. The highest BCUT2D eigenvalue weighted by molar-refractivity contribution is 7.10. The Morgan fingerprint density at radius 3 is 2.46 bits per heavy atom. The summed E-state index contributed by atoms with van der Waals surface area (Å²) in [7, 11) is 1.60. The first-order valence-electron chi connectivity index (χ1n) is 11.3. The molecule has 3 aromatic rings. The summed E-state index contributed by atoms with van der Waals surface area (Å²) in [6.45, 7) is 0.906. The van der Waals surface area contributed by atoms with Gasteiger partial charge in [0.2, 0.25) is 0 Å². The van der Waals surface area contributed by atoms with Crippen LogP contribution in [0.3, 0.4) is 0 Å². The van der Waals surface area contributed by atoms with E-state index in [0.717, 1.165) is 10.5 Å². The fraction of sp³-hybridized carbons (Fsp3) is 0.231. The summed E-state index contributed by atoms with van der Waals surface area (Å²) in [6, 6.07) is 14.7. The molecule has 2 atom stereocenters. The molecule has 1 spiro atoms. The number of carboxylic acid groups (broad SMARTS) is 1. The SMILES string of the molecule is CN1C(=O)N(c2cc(Cl)cc(Cl)c2)C(=O)C12CN(Cc1sccc1C(=O)O)CC2c1ccc(C#N)cc1. The molecule has 2 fully saturated rings. The van der Waals surface area contributed by atoms with Crippen molar-refractivity contribution in [1.82, 2.24) is 9.80 Å². The fourth-order valence-electron chi connectivity index (χ4n) is 5.27. The van der Waals surface area contributed by atoms with Crippen LogP contribution in [-0.4, -0.2) is 58.5 Å². The molecule has 11 heteroatoms. The van der Waals surface area contributed by atoms with Gasteiger partial charge in [-0.3, -0.25) is 9.69 Å². The maximum atomic E-state index is 14.2. The van der Waals surface area contributed by atoms with Gasteiger partial charge in [0.1, 0.15) is 5.54 Å². The molecule has 0 bridgehead atoms. The Kier molecular flexibility index (Phi) is 6.46. The number of hydrogen-bond acceptors (Lipinski definition) is 6. The predicted octanol–water partition coefficient (Wildman–Crippen LogP) is 5.06. The molecule has 2 aromatic carbocycles. The Hall–Kier alpha value is -3.42. The molecular formula is C26H20Cl2N4O4S. The van der Waals surface area contributed by atoms with E-state index < -0.39 is 29.4 Å². The lowest BCUT2D eigenvalue weighted by Gasteiger charge is -2.34. The van der Waals surface area contributed by atoms with E-state index >= 15 is 0 Å². The molecule has 2 saturated heterocycles. The molecule has 0 saturated carbocycles. The minimum absolute atomic E-state index is 0.195. The molecule has 2 unspecified atom stereocenters. The summed E-state index contributed by atoms with van der Waals surface area (Å²) >= 11 is 13.7. The summed E-state index contributed by atoms with van der Waals surface area (Å²) < 4.78 is 0. The second kappa shape index (κ2) is 9.47. The Labute approximate surface area is 226 Å². The van der Waals surface area contributed by atoms with E-state index in [4.69, 9.17) is 23.2 Å². The molecule has 2 aliphatic rings. The maximum absolute atomic E-state index is 14.2. The maximum Gasteiger partial charge on any atom is 0.336 e. The number of amides is 3.